The summed E-state index contributed by atoms with van der Waals surface area (Å²) >= 11 is 1.36. The molecule has 1 amide bonds. The van der Waals surface area contributed by atoms with Crippen LogP contribution in [0.5, 0.6) is 0 Å². The third kappa shape index (κ3) is 4.47. The molecule has 5 aromatic rings. The first kappa shape index (κ1) is 22.3. The number of nitrogens with two attached hydrogens (primary N) is 1. The van der Waals surface area contributed by atoms with E-state index in [9.17, 15) is 13.2 Å². The van der Waals surface area contributed by atoms with Crippen LogP contribution in [0.1, 0.15) is 5.56 Å². The van der Waals surface area contributed by atoms with Gasteiger partial charge in [0.05, 0.1) is 27.2 Å². The molecule has 0 saturated heterocycles. The Kier molecular flexibility index (Phi) is 5.94. The number of hydrogen-bond acceptors (Lipinski definition) is 6. The summed E-state index contributed by atoms with van der Waals surface area (Å²) < 4.78 is 24.7. The number of amides is 1. The van der Waals surface area contributed by atoms with Crippen LogP contribution in [0.3, 0.4) is 0 Å². The number of nitrogens with zero attached hydrogens (tertiary/aromatic N) is 3. The van der Waals surface area contributed by atoms with Gasteiger partial charge in [-0.15, -0.1) is 0 Å². The van der Waals surface area contributed by atoms with Gasteiger partial charge in [0.2, 0.25) is 15.9 Å². The number of rotatable bonds is 7. The van der Waals surface area contributed by atoms with Crippen molar-refractivity contribution < 1.29 is 13.2 Å². The number of para-hydroxylation sites is 3. The number of sulfonamides is 1. The number of carbonyl (C=O) groups is 1. The van der Waals surface area contributed by atoms with Crippen LogP contribution in [0.2, 0.25) is 0 Å². The van der Waals surface area contributed by atoms with Gasteiger partial charge in [-0.3, -0.25) is 9.20 Å². The number of benzene rings is 3. The summed E-state index contributed by atoms with van der Waals surface area (Å²) in [7, 11) is -3.71. The van der Waals surface area contributed by atoms with Crippen molar-refractivity contribution >= 4 is 55.3 Å². The maximum atomic E-state index is 12.5. The second-order valence-electron chi connectivity index (χ2n) is 7.75. The Hall–Kier alpha value is -3.47. The topological polar surface area (TPSA) is 119 Å². The van der Waals surface area contributed by atoms with Crippen molar-refractivity contribution in [3.05, 3.63) is 78.4 Å². The molecule has 0 aliphatic rings. The van der Waals surface area contributed by atoms with Gasteiger partial charge in [-0.25, -0.2) is 23.5 Å². The number of imidazole rings is 1. The zero-order valence-electron chi connectivity index (χ0n) is 18.0. The van der Waals surface area contributed by atoms with Crippen LogP contribution in [0, 0.1) is 0 Å². The van der Waals surface area contributed by atoms with E-state index >= 15 is 0 Å². The third-order valence-corrected chi connectivity index (χ3v) is 7.30. The number of fused-ring (bicyclic) bond motifs is 5. The van der Waals surface area contributed by atoms with Crippen LogP contribution in [0.25, 0.3) is 27.6 Å². The van der Waals surface area contributed by atoms with Crippen LogP contribution in [0.15, 0.2) is 82.8 Å². The summed E-state index contributed by atoms with van der Waals surface area (Å²) in [6.07, 6.45) is 0.575. The highest BCUT2D eigenvalue weighted by atomic mass is 32.2. The molecular formula is C24H21N5O3S2. The van der Waals surface area contributed by atoms with Gasteiger partial charge in [-0.1, -0.05) is 48.2 Å². The van der Waals surface area contributed by atoms with Gasteiger partial charge in [0.15, 0.2) is 5.16 Å². The van der Waals surface area contributed by atoms with E-state index in [0.717, 1.165) is 33.1 Å². The summed E-state index contributed by atoms with van der Waals surface area (Å²) in [6.45, 7) is 0.433. The summed E-state index contributed by atoms with van der Waals surface area (Å²) in [4.78, 5) is 22.2. The lowest BCUT2D eigenvalue weighted by Crippen LogP contribution is -2.27. The highest BCUT2D eigenvalue weighted by Gasteiger charge is 2.15. The molecular weight excluding hydrogens is 470 g/mol. The number of thioether (sulfide) groups is 1. The Balaban J connectivity index is 1.29. The van der Waals surface area contributed by atoms with Crippen molar-refractivity contribution in [3.63, 3.8) is 0 Å². The fraction of sp³-hybridized carbons (Fsp3) is 0.125. The Bertz CT molecular complexity index is 1630. The summed E-state index contributed by atoms with van der Waals surface area (Å²) in [5.41, 5.74) is 4.37. The van der Waals surface area contributed by atoms with Crippen LogP contribution < -0.4 is 10.5 Å². The predicted octanol–water partition coefficient (Wildman–Crippen LogP) is 3.13. The van der Waals surface area contributed by atoms with Gasteiger partial charge in [0.1, 0.15) is 5.65 Å². The Labute approximate surface area is 200 Å². The SMILES string of the molecule is NS(=O)(=O)c1ccc(CCNC(=O)CSc2nc3ccccc3c3nc4ccccc4n23)cc1. The average molecular weight is 492 g/mol. The fourth-order valence-corrected chi connectivity index (χ4v) is 5.14. The quantitative estimate of drug-likeness (QED) is 0.267. The van der Waals surface area contributed by atoms with Crippen LogP contribution >= 0.6 is 11.8 Å². The van der Waals surface area contributed by atoms with E-state index in [-0.39, 0.29) is 16.6 Å². The Morgan fingerprint density at radius 1 is 0.941 bits per heavy atom. The third-order valence-electron chi connectivity index (χ3n) is 5.43. The van der Waals surface area contributed by atoms with E-state index in [0.29, 0.717) is 18.1 Å². The normalized spacial score (nSPS) is 11.9. The van der Waals surface area contributed by atoms with Gasteiger partial charge >= 0.3 is 0 Å². The second kappa shape index (κ2) is 9.05. The maximum absolute atomic E-state index is 12.5. The zero-order valence-corrected chi connectivity index (χ0v) is 19.6. The number of carbonyl (C=O) groups excluding carboxylic acids is 1. The molecule has 0 unspecified atom stereocenters. The summed E-state index contributed by atoms with van der Waals surface area (Å²) in [5.74, 6) is 0.0933. The van der Waals surface area contributed by atoms with Gasteiger partial charge in [0, 0.05) is 11.9 Å². The Morgan fingerprint density at radius 2 is 1.65 bits per heavy atom. The first-order chi connectivity index (χ1) is 16.4. The van der Waals surface area contributed by atoms with Crippen LogP contribution in [-0.4, -0.2) is 41.0 Å². The maximum Gasteiger partial charge on any atom is 0.238 e. The highest BCUT2D eigenvalue weighted by molar-refractivity contribution is 7.99. The van der Waals surface area contributed by atoms with Crippen molar-refractivity contribution in [2.75, 3.05) is 12.3 Å². The van der Waals surface area contributed by atoms with Gasteiger partial charge in [0.25, 0.3) is 0 Å². The molecule has 2 aromatic heterocycles. The minimum absolute atomic E-state index is 0.0675. The first-order valence-electron chi connectivity index (χ1n) is 10.6. The van der Waals surface area contributed by atoms with Crippen molar-refractivity contribution in [1.29, 1.82) is 0 Å². The molecule has 0 saturated carbocycles. The molecule has 0 atom stereocenters. The molecule has 0 fully saturated rings. The molecule has 10 heteroatoms. The second-order valence-corrected chi connectivity index (χ2v) is 10.3. The lowest BCUT2D eigenvalue weighted by Gasteiger charge is -2.09. The first-order valence-corrected chi connectivity index (χ1v) is 13.1. The Morgan fingerprint density at radius 3 is 2.41 bits per heavy atom. The van der Waals surface area contributed by atoms with E-state index < -0.39 is 10.0 Å². The van der Waals surface area contributed by atoms with E-state index in [4.69, 9.17) is 15.1 Å². The summed E-state index contributed by atoms with van der Waals surface area (Å²) in [6, 6.07) is 22.0. The molecule has 0 aliphatic heterocycles. The van der Waals surface area contributed by atoms with Crippen molar-refractivity contribution in [3.8, 4) is 0 Å². The molecule has 2 heterocycles. The molecule has 8 nitrogen and oxygen atoms in total. The van der Waals surface area contributed by atoms with E-state index in [1.54, 1.807) is 12.1 Å². The molecule has 34 heavy (non-hydrogen) atoms. The number of primary sulfonamides is 1. The zero-order chi connectivity index (χ0) is 23.7. The molecule has 0 radical (unpaired) electrons. The van der Waals surface area contributed by atoms with Gasteiger partial charge in [-0.05, 0) is 48.4 Å². The molecule has 3 aromatic carbocycles. The minimum atomic E-state index is -3.71. The molecule has 0 aliphatic carbocycles. The lowest BCUT2D eigenvalue weighted by molar-refractivity contribution is -0.118. The molecule has 0 spiro atoms. The van der Waals surface area contributed by atoms with Crippen molar-refractivity contribution in [1.82, 2.24) is 19.7 Å². The molecule has 5 rings (SSSR count). The van der Waals surface area contributed by atoms with Crippen molar-refractivity contribution in [2.24, 2.45) is 5.14 Å². The molecule has 3 N–H and O–H groups in total. The highest BCUT2D eigenvalue weighted by Crippen LogP contribution is 2.28. The summed E-state index contributed by atoms with van der Waals surface area (Å²) in [5, 5.41) is 9.69. The lowest BCUT2D eigenvalue weighted by atomic mass is 10.1. The van der Waals surface area contributed by atoms with Gasteiger partial charge in [-0.2, -0.15) is 0 Å². The van der Waals surface area contributed by atoms with E-state index in [2.05, 4.69) is 5.32 Å². The van der Waals surface area contributed by atoms with Crippen LogP contribution in [-0.2, 0) is 21.2 Å². The number of hydrogen-bond donors (Lipinski definition) is 2. The number of nitrogens with one attached hydrogen (secondary N) is 1. The standard InChI is InChI=1S/C24H21N5O3S2/c25-34(31,32)17-11-9-16(10-12-17)13-14-26-22(30)15-33-24-28-19-6-2-1-5-18(19)23-27-20-7-3-4-8-21(20)29(23)24/h1-12H,13-15H2,(H,26,30)(H2,25,31,32). The van der Waals surface area contributed by atoms with E-state index in [1.807, 2.05) is 52.9 Å². The largest absolute Gasteiger partial charge is 0.355 e. The van der Waals surface area contributed by atoms with E-state index in [1.165, 1.54) is 23.9 Å². The van der Waals surface area contributed by atoms with Crippen molar-refractivity contribution in [2.45, 2.75) is 16.5 Å². The fourth-order valence-electron chi connectivity index (χ4n) is 3.78. The van der Waals surface area contributed by atoms with Gasteiger partial charge < -0.3 is 5.32 Å². The predicted molar refractivity (Wildman–Crippen MR) is 133 cm³/mol. The molecule has 172 valence electrons. The monoisotopic (exact) mass is 491 g/mol. The minimum Gasteiger partial charge on any atom is -0.355 e. The molecule has 0 bridgehead atoms. The number of aromatic nitrogens is 3. The average Bonchev–Trinajstić information content (AvgIpc) is 3.22. The van der Waals surface area contributed by atoms with Crippen LogP contribution in [0.4, 0.5) is 0 Å². The smallest absolute Gasteiger partial charge is 0.238 e.